The van der Waals surface area contributed by atoms with E-state index in [1.165, 1.54) is 0 Å². The van der Waals surface area contributed by atoms with Gasteiger partial charge in [0.1, 0.15) is 0 Å². The molecule has 3 aromatic rings. The second kappa shape index (κ2) is 5.09. The van der Waals surface area contributed by atoms with Crippen LogP contribution in [0.1, 0.15) is 17.0 Å². The summed E-state index contributed by atoms with van der Waals surface area (Å²) >= 11 is 0. The zero-order valence-electron chi connectivity index (χ0n) is 12.6. The van der Waals surface area contributed by atoms with Crippen LogP contribution in [-0.2, 0) is 0 Å². The van der Waals surface area contributed by atoms with E-state index in [-0.39, 0.29) is 0 Å². The average Bonchev–Trinajstić information content (AvgIpc) is 2.78. The van der Waals surface area contributed by atoms with Crippen molar-refractivity contribution in [3.8, 4) is 16.8 Å². The van der Waals surface area contributed by atoms with Gasteiger partial charge in [-0.3, -0.25) is 0 Å². The molecule has 0 fully saturated rings. The number of hydrogen-bond acceptors (Lipinski definition) is 2. The SMILES string of the molecule is Cc1ccc(-c2c(C)nn(-c3ccccc3)c2C)cc1N. The predicted molar refractivity (Wildman–Crippen MR) is 87.6 cm³/mol. The lowest BCUT2D eigenvalue weighted by Gasteiger charge is -2.07. The highest BCUT2D eigenvalue weighted by molar-refractivity contribution is 5.73. The van der Waals surface area contributed by atoms with Gasteiger partial charge in [0, 0.05) is 16.9 Å². The normalized spacial score (nSPS) is 10.8. The van der Waals surface area contributed by atoms with Crippen molar-refractivity contribution in [1.82, 2.24) is 9.78 Å². The van der Waals surface area contributed by atoms with Gasteiger partial charge >= 0.3 is 0 Å². The van der Waals surface area contributed by atoms with Crippen LogP contribution in [0.15, 0.2) is 48.5 Å². The average molecular weight is 277 g/mol. The van der Waals surface area contributed by atoms with Crippen LogP contribution in [0.5, 0.6) is 0 Å². The van der Waals surface area contributed by atoms with E-state index in [9.17, 15) is 0 Å². The molecule has 3 rings (SSSR count). The number of anilines is 1. The summed E-state index contributed by atoms with van der Waals surface area (Å²) in [4.78, 5) is 0. The molecule has 3 nitrogen and oxygen atoms in total. The first-order valence-corrected chi connectivity index (χ1v) is 7.06. The van der Waals surface area contributed by atoms with Crippen molar-refractivity contribution in [2.75, 3.05) is 5.73 Å². The van der Waals surface area contributed by atoms with E-state index in [0.717, 1.165) is 39.5 Å². The fraction of sp³-hybridized carbons (Fsp3) is 0.167. The lowest BCUT2D eigenvalue weighted by Crippen LogP contribution is -1.98. The molecule has 1 aromatic heterocycles. The van der Waals surface area contributed by atoms with E-state index < -0.39 is 0 Å². The molecule has 0 bridgehead atoms. The maximum atomic E-state index is 6.05. The third-order valence-corrected chi connectivity index (χ3v) is 3.86. The van der Waals surface area contributed by atoms with Crippen LogP contribution in [-0.4, -0.2) is 9.78 Å². The van der Waals surface area contributed by atoms with Crippen LogP contribution >= 0.6 is 0 Å². The highest BCUT2D eigenvalue weighted by Gasteiger charge is 2.14. The van der Waals surface area contributed by atoms with Gasteiger partial charge in [-0.15, -0.1) is 0 Å². The van der Waals surface area contributed by atoms with Crippen molar-refractivity contribution >= 4 is 5.69 Å². The van der Waals surface area contributed by atoms with Crippen molar-refractivity contribution in [2.45, 2.75) is 20.8 Å². The lowest BCUT2D eigenvalue weighted by molar-refractivity contribution is 0.834. The molecule has 1 heterocycles. The Balaban J connectivity index is 2.16. The van der Waals surface area contributed by atoms with Crippen molar-refractivity contribution in [3.05, 3.63) is 65.5 Å². The minimum Gasteiger partial charge on any atom is -0.398 e. The van der Waals surface area contributed by atoms with Gasteiger partial charge in [0.05, 0.1) is 11.4 Å². The van der Waals surface area contributed by atoms with E-state index in [4.69, 9.17) is 5.73 Å². The molecule has 0 atom stereocenters. The largest absolute Gasteiger partial charge is 0.398 e. The van der Waals surface area contributed by atoms with Gasteiger partial charge in [0.2, 0.25) is 0 Å². The Morgan fingerprint density at radius 1 is 0.952 bits per heavy atom. The summed E-state index contributed by atoms with van der Waals surface area (Å²) < 4.78 is 1.99. The highest BCUT2D eigenvalue weighted by atomic mass is 15.3. The second-order valence-electron chi connectivity index (χ2n) is 5.36. The third kappa shape index (κ3) is 2.31. The monoisotopic (exact) mass is 277 g/mol. The first kappa shape index (κ1) is 13.4. The van der Waals surface area contributed by atoms with Gasteiger partial charge in [-0.1, -0.05) is 30.3 Å². The van der Waals surface area contributed by atoms with Crippen LogP contribution in [0.3, 0.4) is 0 Å². The molecule has 0 saturated carbocycles. The maximum absolute atomic E-state index is 6.05. The quantitative estimate of drug-likeness (QED) is 0.718. The van der Waals surface area contributed by atoms with E-state index in [1.54, 1.807) is 0 Å². The zero-order chi connectivity index (χ0) is 15.0. The van der Waals surface area contributed by atoms with Gasteiger partial charge < -0.3 is 5.73 Å². The summed E-state index contributed by atoms with van der Waals surface area (Å²) in [6, 6.07) is 16.4. The van der Waals surface area contributed by atoms with E-state index >= 15 is 0 Å². The van der Waals surface area contributed by atoms with Crippen LogP contribution in [0.25, 0.3) is 16.8 Å². The van der Waals surface area contributed by atoms with E-state index in [2.05, 4.69) is 36.3 Å². The molecule has 0 aliphatic rings. The topological polar surface area (TPSA) is 43.8 Å². The molecule has 0 radical (unpaired) electrons. The maximum Gasteiger partial charge on any atom is 0.0679 e. The molecular weight excluding hydrogens is 258 g/mol. The molecule has 3 heteroatoms. The summed E-state index contributed by atoms with van der Waals surface area (Å²) in [5.41, 5.74) is 13.5. The number of nitrogens with two attached hydrogens (primary N) is 1. The number of nitrogens with zero attached hydrogens (tertiary/aromatic N) is 2. The van der Waals surface area contributed by atoms with E-state index in [0.29, 0.717) is 0 Å². The number of nitrogen functional groups attached to an aromatic ring is 1. The number of aromatic nitrogens is 2. The summed E-state index contributed by atoms with van der Waals surface area (Å²) in [5, 5.41) is 4.68. The molecule has 0 spiro atoms. The Labute approximate surface area is 125 Å². The Kier molecular flexibility index (Phi) is 3.26. The molecule has 106 valence electrons. The van der Waals surface area contributed by atoms with Crippen LogP contribution < -0.4 is 5.73 Å². The number of para-hydroxylation sites is 1. The number of benzene rings is 2. The molecule has 0 aliphatic heterocycles. The minimum atomic E-state index is 0.818. The highest BCUT2D eigenvalue weighted by Crippen LogP contribution is 2.30. The van der Waals surface area contributed by atoms with Gasteiger partial charge in [0.15, 0.2) is 0 Å². The summed E-state index contributed by atoms with van der Waals surface area (Å²) in [5.74, 6) is 0. The molecular formula is C18H19N3. The van der Waals surface area contributed by atoms with E-state index in [1.807, 2.05) is 42.8 Å². The van der Waals surface area contributed by atoms with Crippen molar-refractivity contribution in [3.63, 3.8) is 0 Å². The lowest BCUT2D eigenvalue weighted by atomic mass is 10.0. The van der Waals surface area contributed by atoms with Crippen LogP contribution in [0.4, 0.5) is 5.69 Å². The summed E-state index contributed by atoms with van der Waals surface area (Å²) in [6.07, 6.45) is 0. The van der Waals surface area contributed by atoms with Crippen molar-refractivity contribution in [1.29, 1.82) is 0 Å². The van der Waals surface area contributed by atoms with Crippen molar-refractivity contribution in [2.24, 2.45) is 0 Å². The molecule has 0 aliphatic carbocycles. The smallest absolute Gasteiger partial charge is 0.0679 e. The zero-order valence-corrected chi connectivity index (χ0v) is 12.6. The van der Waals surface area contributed by atoms with Gasteiger partial charge in [-0.2, -0.15) is 5.10 Å². The van der Waals surface area contributed by atoms with Crippen molar-refractivity contribution < 1.29 is 0 Å². The Hall–Kier alpha value is -2.55. The standard InChI is InChI=1S/C18H19N3/c1-12-9-10-15(11-17(12)19)18-13(2)20-21(14(18)3)16-7-5-4-6-8-16/h4-11H,19H2,1-3H3. The minimum absolute atomic E-state index is 0.818. The van der Waals surface area contributed by atoms with Crippen LogP contribution in [0.2, 0.25) is 0 Å². The Morgan fingerprint density at radius 3 is 2.33 bits per heavy atom. The molecule has 0 amide bonds. The Bertz CT molecular complexity index is 786. The fourth-order valence-corrected chi connectivity index (χ4v) is 2.68. The number of hydrogen-bond donors (Lipinski definition) is 1. The van der Waals surface area contributed by atoms with Gasteiger partial charge in [0.25, 0.3) is 0 Å². The van der Waals surface area contributed by atoms with Gasteiger partial charge in [-0.25, -0.2) is 4.68 Å². The molecule has 2 N–H and O–H groups in total. The number of rotatable bonds is 2. The van der Waals surface area contributed by atoms with Gasteiger partial charge in [-0.05, 0) is 50.1 Å². The predicted octanol–water partition coefficient (Wildman–Crippen LogP) is 4.05. The first-order chi connectivity index (χ1) is 10.1. The van der Waals surface area contributed by atoms with Crippen LogP contribution in [0, 0.1) is 20.8 Å². The molecule has 21 heavy (non-hydrogen) atoms. The fourth-order valence-electron chi connectivity index (χ4n) is 2.68. The molecule has 0 saturated heterocycles. The third-order valence-electron chi connectivity index (χ3n) is 3.86. The Morgan fingerprint density at radius 2 is 1.67 bits per heavy atom. The molecule has 0 unspecified atom stereocenters. The number of aryl methyl sites for hydroxylation is 2. The summed E-state index contributed by atoms with van der Waals surface area (Å²) in [7, 11) is 0. The molecule has 2 aromatic carbocycles. The second-order valence-corrected chi connectivity index (χ2v) is 5.36. The first-order valence-electron chi connectivity index (χ1n) is 7.06. The summed E-state index contributed by atoms with van der Waals surface area (Å²) in [6.45, 7) is 6.16.